The fourth-order valence-corrected chi connectivity index (χ4v) is 3.25. The highest BCUT2D eigenvalue weighted by atomic mass is 19.1. The second kappa shape index (κ2) is 7.56. The van der Waals surface area contributed by atoms with Crippen LogP contribution in [0.1, 0.15) is 24.0 Å². The minimum Gasteiger partial charge on any atom is -0.324 e. The van der Waals surface area contributed by atoms with E-state index < -0.39 is 17.9 Å². The lowest BCUT2D eigenvalue weighted by Gasteiger charge is -2.25. The van der Waals surface area contributed by atoms with Crippen LogP contribution in [0.3, 0.4) is 0 Å². The van der Waals surface area contributed by atoms with Gasteiger partial charge in [0.1, 0.15) is 11.9 Å². The molecule has 1 aliphatic rings. The van der Waals surface area contributed by atoms with Crippen LogP contribution in [-0.4, -0.2) is 29.4 Å². The van der Waals surface area contributed by atoms with Crippen molar-refractivity contribution in [2.24, 2.45) is 0 Å². The highest BCUT2D eigenvalue weighted by Crippen LogP contribution is 2.24. The number of nitrogens with one attached hydrogen (secondary N) is 2. The Hall–Kier alpha value is -2.89. The molecule has 6 heteroatoms. The topological polar surface area (TPSA) is 61.4 Å². The molecule has 1 aliphatic heterocycles. The zero-order chi connectivity index (χ0) is 18.7. The van der Waals surface area contributed by atoms with Gasteiger partial charge in [0.05, 0.1) is 5.69 Å². The molecular weight excluding hydrogens is 333 g/mol. The number of carbonyl (C=O) groups excluding carboxylic acids is 2. The van der Waals surface area contributed by atoms with E-state index in [1.165, 1.54) is 17.0 Å². The molecule has 1 heterocycles. The molecule has 0 aliphatic carbocycles. The van der Waals surface area contributed by atoms with Crippen molar-refractivity contribution in [3.63, 3.8) is 0 Å². The van der Waals surface area contributed by atoms with Gasteiger partial charge in [-0.05, 0) is 49.9 Å². The van der Waals surface area contributed by atoms with Gasteiger partial charge in [-0.25, -0.2) is 9.18 Å². The molecule has 0 radical (unpaired) electrons. The Morgan fingerprint density at radius 1 is 1.04 bits per heavy atom. The Balaban J connectivity index is 1.72. The predicted octanol–water partition coefficient (Wildman–Crippen LogP) is 4.08. The van der Waals surface area contributed by atoms with Crippen LogP contribution in [0.15, 0.2) is 42.5 Å². The number of nitrogens with zero attached hydrogens (tertiary/aromatic N) is 1. The van der Waals surface area contributed by atoms with Crippen molar-refractivity contribution in [1.29, 1.82) is 0 Å². The first-order chi connectivity index (χ1) is 12.5. The average molecular weight is 355 g/mol. The fourth-order valence-electron chi connectivity index (χ4n) is 3.25. The third-order valence-electron chi connectivity index (χ3n) is 4.66. The van der Waals surface area contributed by atoms with Gasteiger partial charge < -0.3 is 15.5 Å². The fraction of sp³-hybridized carbons (Fsp3) is 0.300. The van der Waals surface area contributed by atoms with Gasteiger partial charge in [-0.1, -0.05) is 30.3 Å². The van der Waals surface area contributed by atoms with E-state index in [1.807, 2.05) is 32.0 Å². The van der Waals surface area contributed by atoms with Gasteiger partial charge in [-0.15, -0.1) is 0 Å². The molecular formula is C20H22FN3O2. The van der Waals surface area contributed by atoms with E-state index in [0.29, 0.717) is 13.0 Å². The molecule has 2 N–H and O–H groups in total. The summed E-state index contributed by atoms with van der Waals surface area (Å²) in [5.41, 5.74) is 2.83. The molecule has 3 amide bonds. The molecule has 1 fully saturated rings. The SMILES string of the molecule is Cc1cccc(C)c1NC(=O)[C@H]1CCCN1C(=O)Nc1ccccc1F. The Morgan fingerprint density at radius 3 is 2.42 bits per heavy atom. The molecule has 136 valence electrons. The Labute approximate surface area is 152 Å². The van der Waals surface area contributed by atoms with Crippen molar-refractivity contribution in [1.82, 2.24) is 4.90 Å². The summed E-state index contributed by atoms with van der Waals surface area (Å²) in [7, 11) is 0. The van der Waals surface area contributed by atoms with E-state index in [-0.39, 0.29) is 11.6 Å². The van der Waals surface area contributed by atoms with Gasteiger partial charge >= 0.3 is 6.03 Å². The van der Waals surface area contributed by atoms with Crippen LogP contribution in [0.25, 0.3) is 0 Å². The number of benzene rings is 2. The summed E-state index contributed by atoms with van der Waals surface area (Å²) in [6.45, 7) is 4.32. The van der Waals surface area contributed by atoms with E-state index in [9.17, 15) is 14.0 Å². The minimum atomic E-state index is -0.569. The van der Waals surface area contributed by atoms with Crippen molar-refractivity contribution < 1.29 is 14.0 Å². The van der Waals surface area contributed by atoms with E-state index in [4.69, 9.17) is 0 Å². The van der Waals surface area contributed by atoms with Gasteiger partial charge in [0.25, 0.3) is 0 Å². The van der Waals surface area contributed by atoms with Crippen LogP contribution in [-0.2, 0) is 4.79 Å². The summed E-state index contributed by atoms with van der Waals surface area (Å²) >= 11 is 0. The molecule has 0 unspecified atom stereocenters. The first-order valence-electron chi connectivity index (χ1n) is 8.66. The number of likely N-dealkylation sites (tertiary alicyclic amines) is 1. The zero-order valence-corrected chi connectivity index (χ0v) is 14.9. The van der Waals surface area contributed by atoms with Crippen molar-refractivity contribution in [3.05, 3.63) is 59.4 Å². The third-order valence-corrected chi connectivity index (χ3v) is 4.66. The number of hydrogen-bond donors (Lipinski definition) is 2. The Kier molecular flexibility index (Phi) is 5.21. The Morgan fingerprint density at radius 2 is 1.73 bits per heavy atom. The van der Waals surface area contributed by atoms with Gasteiger partial charge in [0.15, 0.2) is 0 Å². The van der Waals surface area contributed by atoms with Crippen molar-refractivity contribution in [3.8, 4) is 0 Å². The molecule has 0 aromatic heterocycles. The summed E-state index contributed by atoms with van der Waals surface area (Å²) in [6, 6.07) is 10.7. The second-order valence-corrected chi connectivity index (χ2v) is 6.52. The number of amides is 3. The lowest BCUT2D eigenvalue weighted by atomic mass is 10.1. The van der Waals surface area contributed by atoms with Gasteiger partial charge in [-0.3, -0.25) is 4.79 Å². The summed E-state index contributed by atoms with van der Waals surface area (Å²) in [5, 5.41) is 5.50. The summed E-state index contributed by atoms with van der Waals surface area (Å²) in [6.07, 6.45) is 1.32. The lowest BCUT2D eigenvalue weighted by molar-refractivity contribution is -0.119. The normalized spacial score (nSPS) is 16.4. The zero-order valence-electron chi connectivity index (χ0n) is 14.9. The first-order valence-corrected chi connectivity index (χ1v) is 8.66. The average Bonchev–Trinajstić information content (AvgIpc) is 3.10. The number of para-hydroxylation sites is 2. The van der Waals surface area contributed by atoms with E-state index in [2.05, 4.69) is 10.6 Å². The number of anilines is 2. The largest absolute Gasteiger partial charge is 0.324 e. The molecule has 0 saturated carbocycles. The maximum absolute atomic E-state index is 13.8. The molecule has 2 aromatic rings. The van der Waals surface area contributed by atoms with Crippen molar-refractivity contribution >= 4 is 23.3 Å². The van der Waals surface area contributed by atoms with E-state index in [0.717, 1.165) is 23.2 Å². The molecule has 26 heavy (non-hydrogen) atoms. The van der Waals surface area contributed by atoms with Crippen LogP contribution in [0.2, 0.25) is 0 Å². The van der Waals surface area contributed by atoms with Crippen molar-refractivity contribution in [2.75, 3.05) is 17.2 Å². The van der Waals surface area contributed by atoms with E-state index >= 15 is 0 Å². The number of hydrogen-bond acceptors (Lipinski definition) is 2. The van der Waals surface area contributed by atoms with E-state index in [1.54, 1.807) is 12.1 Å². The van der Waals surface area contributed by atoms with Gasteiger partial charge in [0.2, 0.25) is 5.91 Å². The highest BCUT2D eigenvalue weighted by molar-refractivity contribution is 6.00. The van der Waals surface area contributed by atoms with Crippen LogP contribution < -0.4 is 10.6 Å². The smallest absolute Gasteiger partial charge is 0.322 e. The minimum absolute atomic E-state index is 0.110. The molecule has 2 aromatic carbocycles. The predicted molar refractivity (Wildman–Crippen MR) is 99.7 cm³/mol. The number of carbonyl (C=O) groups is 2. The molecule has 5 nitrogen and oxygen atoms in total. The quantitative estimate of drug-likeness (QED) is 0.871. The first kappa shape index (κ1) is 17.9. The Bertz CT molecular complexity index is 817. The number of aryl methyl sites for hydroxylation is 2. The maximum Gasteiger partial charge on any atom is 0.322 e. The van der Waals surface area contributed by atoms with Crippen LogP contribution in [0.4, 0.5) is 20.6 Å². The van der Waals surface area contributed by atoms with Crippen LogP contribution in [0.5, 0.6) is 0 Å². The summed E-state index contributed by atoms with van der Waals surface area (Å²) in [5.74, 6) is -0.722. The molecule has 1 atom stereocenters. The number of rotatable bonds is 3. The monoisotopic (exact) mass is 355 g/mol. The lowest BCUT2D eigenvalue weighted by Crippen LogP contribution is -2.45. The standard InChI is InChI=1S/C20H22FN3O2/c1-13-7-5-8-14(2)18(13)23-19(25)17-11-6-12-24(17)20(26)22-16-10-4-3-9-15(16)21/h3-5,7-10,17H,6,11-12H2,1-2H3,(H,22,26)(H,23,25)/t17-/m1/s1. The summed E-state index contributed by atoms with van der Waals surface area (Å²) in [4.78, 5) is 26.8. The molecule has 0 bridgehead atoms. The molecule has 0 spiro atoms. The van der Waals surface area contributed by atoms with Crippen LogP contribution in [0, 0.1) is 19.7 Å². The molecule has 1 saturated heterocycles. The van der Waals surface area contributed by atoms with Crippen LogP contribution >= 0.6 is 0 Å². The maximum atomic E-state index is 13.8. The second-order valence-electron chi connectivity index (χ2n) is 6.52. The molecule has 3 rings (SSSR count). The third kappa shape index (κ3) is 3.69. The van der Waals surface area contributed by atoms with Crippen molar-refractivity contribution in [2.45, 2.75) is 32.7 Å². The highest BCUT2D eigenvalue weighted by Gasteiger charge is 2.34. The van der Waals surface area contributed by atoms with Gasteiger partial charge in [-0.2, -0.15) is 0 Å². The van der Waals surface area contributed by atoms with Gasteiger partial charge in [0, 0.05) is 12.2 Å². The number of urea groups is 1. The summed E-state index contributed by atoms with van der Waals surface area (Å²) < 4.78 is 13.8. The number of halogens is 1.